The molecule has 10 amide bonds. The van der Waals surface area contributed by atoms with Gasteiger partial charge in [-0.2, -0.15) is 24.4 Å². The summed E-state index contributed by atoms with van der Waals surface area (Å²) in [6.07, 6.45) is 6.94. The molecule has 0 aromatic rings. The molecule has 2 heterocycles. The quantitative estimate of drug-likeness (QED) is 0.0202. The number of primary amides is 1. The van der Waals surface area contributed by atoms with Crippen molar-refractivity contribution in [1.29, 1.82) is 0 Å². The number of nitrogens with two attached hydrogens (primary N) is 3. The molecule has 0 aliphatic carbocycles. The Morgan fingerprint density at radius 2 is 0.967 bits per heavy atom. The number of unbranched alkanes of at least 4 members (excludes halogenated alkanes) is 5. The van der Waals surface area contributed by atoms with Crippen LogP contribution < -0.4 is 81.0 Å². The topological polar surface area (TPSA) is 508 Å². The molecule has 2 fully saturated rings. The van der Waals surface area contributed by atoms with E-state index >= 15 is 0 Å². The van der Waals surface area contributed by atoms with E-state index in [-0.39, 0.29) is 95.1 Å². The van der Waals surface area contributed by atoms with E-state index in [1.165, 1.54) is 0 Å². The summed E-state index contributed by atoms with van der Waals surface area (Å²) in [6.45, 7) is 2.54. The van der Waals surface area contributed by atoms with E-state index in [1.54, 1.807) is 6.92 Å². The number of fused-ring (bicyclic) bond motifs is 1. The van der Waals surface area contributed by atoms with Gasteiger partial charge in [-0.25, -0.2) is 0 Å². The molecule has 12 atom stereocenters. The van der Waals surface area contributed by atoms with Crippen LogP contribution in [0.5, 0.6) is 0 Å². The van der Waals surface area contributed by atoms with Gasteiger partial charge in [-0.1, -0.05) is 12.8 Å². The zero-order chi connectivity index (χ0) is 67.0. The van der Waals surface area contributed by atoms with Crippen molar-refractivity contribution in [3.05, 3.63) is 0 Å². The van der Waals surface area contributed by atoms with Crippen LogP contribution in [0.4, 0.5) is 0 Å². The van der Waals surface area contributed by atoms with Crippen molar-refractivity contribution < 1.29 is 78.0 Å². The fourth-order valence-electron chi connectivity index (χ4n) is 9.93. The number of aliphatic carboxylic acids is 2. The lowest BCUT2D eigenvalue weighted by atomic mass is 9.88. The Labute approximate surface area is 536 Å². The van der Waals surface area contributed by atoms with Crippen molar-refractivity contribution in [2.45, 2.75) is 208 Å². The number of thiol groups is 1. The Morgan fingerprint density at radius 3 is 1.47 bits per heavy atom. The zero-order valence-electron chi connectivity index (χ0n) is 52.1. The van der Waals surface area contributed by atoms with E-state index in [2.05, 4.69) is 76.4 Å². The van der Waals surface area contributed by atoms with Crippen molar-refractivity contribution in [3.63, 3.8) is 0 Å². The maximum Gasteiger partial charge on any atom is 0.303 e. The maximum atomic E-state index is 14.0. The fraction of sp³-hybridized carbons (Fsp3) is 0.789. The van der Waals surface area contributed by atoms with Crippen molar-refractivity contribution in [2.75, 3.05) is 70.5 Å². The largest absolute Gasteiger partial charge is 0.481 e. The van der Waals surface area contributed by atoms with Crippen molar-refractivity contribution in [1.82, 2.24) is 63.8 Å². The number of hydrogen-bond acceptors (Lipinski definition) is 21. The van der Waals surface area contributed by atoms with Crippen LogP contribution in [0.2, 0.25) is 0 Å². The van der Waals surface area contributed by atoms with E-state index < -0.39 is 140 Å². The standard InChI is InChI=1S/C57H103N15O16S2/c1-34(19-21-49(78)79)61-25-11-7-15-38(66-35(2)20-22-50(80)81)54(85)72-42(31-74)57(88)70-40(14-6-10-24-59)56(87)71-41(30-73)53(84)65-28-47(76)67-39(16-8-12-26-62-46(75)18-4-3-17-45-36-27-63-44(36)33-90-45)55(86)69-37(13-5-9-23-58)52(83)64-29-48(77)68-43(32-89)51(60)82/h34-45,61,63,66,73-74,89H,3-33,58-59H2,1-2H3,(H2,60,82)(H,62,75)(H,64,83)(H,65,84)(H,67,76)(H,68,77)(H,69,86)(H,70,88)(H,71,87)(H,72,85)(H,78,79)(H,80,81)/t34?,35?,36?,37?,38?,39?,40?,41?,42?,43?,44-,45+/m0/s1. The smallest absolute Gasteiger partial charge is 0.303 e. The van der Waals surface area contributed by atoms with Gasteiger partial charge in [0.25, 0.3) is 0 Å². The number of carboxylic acid groups (broad SMARTS) is 2. The first kappa shape index (κ1) is 80.2. The van der Waals surface area contributed by atoms with Gasteiger partial charge in [0.1, 0.15) is 36.3 Å². The Hall–Kier alpha value is -5.94. The summed E-state index contributed by atoms with van der Waals surface area (Å²) in [6, 6.07) is -9.28. The van der Waals surface area contributed by atoms with Crippen LogP contribution in [0.15, 0.2) is 0 Å². The molecule has 0 spiro atoms. The predicted octanol–water partition coefficient (Wildman–Crippen LogP) is -4.44. The molecular formula is C57H103N15O16S2. The minimum atomic E-state index is -1.70. The molecule has 22 N–H and O–H groups in total. The minimum Gasteiger partial charge on any atom is -0.481 e. The third-order valence-corrected chi connectivity index (χ3v) is 17.4. The normalized spacial score (nSPS) is 18.0. The summed E-state index contributed by atoms with van der Waals surface area (Å²) in [4.78, 5) is 155. The maximum absolute atomic E-state index is 14.0. The fourth-order valence-corrected chi connectivity index (χ4v) is 11.9. The predicted molar refractivity (Wildman–Crippen MR) is 339 cm³/mol. The van der Waals surface area contributed by atoms with Gasteiger partial charge >= 0.3 is 11.9 Å². The number of carbonyl (C=O) groups is 12. The number of aliphatic hydroxyl groups excluding tert-OH is 2. The van der Waals surface area contributed by atoms with Crippen LogP contribution in [0.25, 0.3) is 0 Å². The van der Waals surface area contributed by atoms with Crippen LogP contribution in [-0.2, 0) is 57.5 Å². The average Bonchev–Trinajstić information content (AvgIpc) is 1.72. The molecule has 0 bridgehead atoms. The van der Waals surface area contributed by atoms with Crippen LogP contribution in [-0.4, -0.2) is 228 Å². The lowest BCUT2D eigenvalue weighted by molar-refractivity contribution is -0.138. The van der Waals surface area contributed by atoms with Crippen LogP contribution in [0, 0.1) is 5.92 Å². The third kappa shape index (κ3) is 33.4. The summed E-state index contributed by atoms with van der Waals surface area (Å²) in [7, 11) is 0. The zero-order valence-corrected chi connectivity index (χ0v) is 53.8. The first-order chi connectivity index (χ1) is 43.0. The second-order valence-electron chi connectivity index (χ2n) is 22.9. The second kappa shape index (κ2) is 46.2. The number of aliphatic hydroxyl groups is 2. The van der Waals surface area contributed by atoms with Crippen LogP contribution >= 0.6 is 24.4 Å². The van der Waals surface area contributed by atoms with Gasteiger partial charge in [0, 0.05) is 67.2 Å². The van der Waals surface area contributed by atoms with Gasteiger partial charge in [0.15, 0.2) is 0 Å². The van der Waals surface area contributed by atoms with Gasteiger partial charge in [-0.3, -0.25) is 57.5 Å². The Bertz CT molecular complexity index is 2280. The molecule has 514 valence electrons. The number of rotatable bonds is 52. The van der Waals surface area contributed by atoms with E-state index in [1.807, 2.05) is 18.7 Å². The SMILES string of the molecule is CC(CCC(=O)O)NCCCCC(NC(C)CCC(=O)O)C(=O)NC(CO)C(=O)NC(CCCCN)C(=O)NC(CO)C(=O)NCC(=O)NC(CCCCNC(=O)CCCC[C@H]1SC[C@@H]2NCC21)C(=O)NC(CCCCN)C(=O)NCC(=O)NC(CS)C(N)=O. The van der Waals surface area contributed by atoms with Crippen LogP contribution in [0.1, 0.15) is 142 Å². The molecule has 31 nitrogen and oxygen atoms in total. The van der Waals surface area contributed by atoms with E-state index in [9.17, 15) is 72.9 Å². The third-order valence-electron chi connectivity index (χ3n) is 15.4. The number of carbonyl (C=O) groups excluding carboxylic acids is 10. The van der Waals surface area contributed by atoms with E-state index in [0.717, 1.165) is 31.6 Å². The van der Waals surface area contributed by atoms with E-state index in [4.69, 9.17) is 22.3 Å². The van der Waals surface area contributed by atoms with Gasteiger partial charge in [0.05, 0.1) is 32.3 Å². The highest BCUT2D eigenvalue weighted by atomic mass is 32.2. The molecule has 2 aliphatic rings. The summed E-state index contributed by atoms with van der Waals surface area (Å²) in [5.74, 6) is -8.15. The molecule has 90 heavy (non-hydrogen) atoms. The summed E-state index contributed by atoms with van der Waals surface area (Å²) >= 11 is 5.98. The Morgan fingerprint density at radius 1 is 0.511 bits per heavy atom. The highest BCUT2D eigenvalue weighted by Gasteiger charge is 2.42. The molecule has 2 saturated heterocycles. The number of nitrogens with one attached hydrogen (secondary N) is 12. The van der Waals surface area contributed by atoms with Gasteiger partial charge < -0.3 is 101 Å². The van der Waals surface area contributed by atoms with Crippen LogP contribution in [0.3, 0.4) is 0 Å². The number of carboxylic acids is 2. The Kier molecular flexibility index (Phi) is 41.1. The monoisotopic (exact) mass is 1320 g/mol. The minimum absolute atomic E-state index is 0.00527. The van der Waals surface area contributed by atoms with Crippen molar-refractivity contribution in [2.24, 2.45) is 23.1 Å². The lowest BCUT2D eigenvalue weighted by Crippen LogP contribution is -2.60. The first-order valence-electron chi connectivity index (χ1n) is 31.4. The van der Waals surface area contributed by atoms with Gasteiger partial charge in [-0.05, 0) is 136 Å². The molecule has 2 aliphatic heterocycles. The number of thioether (sulfide) groups is 1. The molecule has 0 aromatic carbocycles. The molecule has 10 unspecified atom stereocenters. The average molecular weight is 1320 g/mol. The second-order valence-corrected chi connectivity index (χ2v) is 24.6. The van der Waals surface area contributed by atoms with Crippen molar-refractivity contribution in [3.8, 4) is 0 Å². The first-order valence-corrected chi connectivity index (χ1v) is 33.1. The van der Waals surface area contributed by atoms with E-state index in [0.29, 0.717) is 75.1 Å². The molecule has 2 rings (SSSR count). The molecule has 0 saturated carbocycles. The summed E-state index contributed by atoms with van der Waals surface area (Å²) < 4.78 is 0. The molecule has 33 heteroatoms. The molecular weight excluding hydrogens is 1210 g/mol. The molecule has 0 aromatic heterocycles. The number of amides is 10. The lowest BCUT2D eigenvalue weighted by Gasteiger charge is -2.34. The molecule has 0 radical (unpaired) electrons. The summed E-state index contributed by atoms with van der Waals surface area (Å²) in [5, 5.41) is 71.8. The number of hydrogen-bond donors (Lipinski definition) is 20. The highest BCUT2D eigenvalue weighted by Crippen LogP contribution is 2.39. The van der Waals surface area contributed by atoms with Gasteiger partial charge in [-0.15, -0.1) is 0 Å². The van der Waals surface area contributed by atoms with Gasteiger partial charge in [0.2, 0.25) is 59.1 Å². The highest BCUT2D eigenvalue weighted by molar-refractivity contribution is 8.00. The summed E-state index contributed by atoms with van der Waals surface area (Å²) in [5.41, 5.74) is 16.7. The Balaban J connectivity index is 2.17. The van der Waals surface area contributed by atoms with Crippen molar-refractivity contribution >= 4 is 95.4 Å².